The van der Waals surface area contributed by atoms with Crippen LogP contribution in [0.4, 0.5) is 5.13 Å². The number of carbonyl (C=O) groups is 1. The molecule has 1 aromatic carbocycles. The molecule has 9 heteroatoms. The molecule has 3 aromatic rings. The number of rotatable bonds is 5. The molecule has 0 aliphatic heterocycles. The van der Waals surface area contributed by atoms with Gasteiger partial charge >= 0.3 is 0 Å². The molecule has 1 N–H and O–H groups in total. The first-order chi connectivity index (χ1) is 11.1. The van der Waals surface area contributed by atoms with E-state index in [0.717, 1.165) is 11.4 Å². The summed E-state index contributed by atoms with van der Waals surface area (Å²) in [6.45, 7) is 1.88. The van der Waals surface area contributed by atoms with Crippen molar-refractivity contribution in [2.75, 3.05) is 11.1 Å². The summed E-state index contributed by atoms with van der Waals surface area (Å²) >= 11 is 8.71. The maximum Gasteiger partial charge on any atom is 0.236 e. The summed E-state index contributed by atoms with van der Waals surface area (Å²) in [4.78, 5) is 16.2. The molecule has 6 nitrogen and oxygen atoms in total. The molecule has 0 aliphatic carbocycles. The molecule has 2 heterocycles. The summed E-state index contributed by atoms with van der Waals surface area (Å²) in [6, 6.07) is 7.36. The Balaban J connectivity index is 1.65. The Labute approximate surface area is 145 Å². The second-order valence-electron chi connectivity index (χ2n) is 4.59. The molecule has 0 bridgehead atoms. The molecule has 2 aromatic heterocycles. The van der Waals surface area contributed by atoms with E-state index in [4.69, 9.17) is 11.6 Å². The summed E-state index contributed by atoms with van der Waals surface area (Å²) < 4.78 is 1.79. The number of nitrogens with zero attached hydrogens (tertiary/aromatic N) is 4. The minimum atomic E-state index is -0.134. The van der Waals surface area contributed by atoms with Gasteiger partial charge in [-0.25, -0.2) is 4.98 Å². The highest BCUT2D eigenvalue weighted by molar-refractivity contribution is 7.99. The van der Waals surface area contributed by atoms with Crippen LogP contribution in [-0.4, -0.2) is 31.4 Å². The van der Waals surface area contributed by atoms with Crippen LogP contribution in [0.3, 0.4) is 0 Å². The van der Waals surface area contributed by atoms with Crippen molar-refractivity contribution in [2.24, 2.45) is 0 Å². The lowest BCUT2D eigenvalue weighted by Gasteiger charge is -2.06. The number of thioether (sulfide) groups is 1. The number of aromatic nitrogens is 4. The van der Waals surface area contributed by atoms with E-state index in [1.807, 2.05) is 30.5 Å². The van der Waals surface area contributed by atoms with Gasteiger partial charge in [0, 0.05) is 10.4 Å². The number of anilines is 1. The lowest BCUT2D eigenvalue weighted by Crippen LogP contribution is -2.14. The summed E-state index contributed by atoms with van der Waals surface area (Å²) in [5.74, 6) is 0.0859. The molecule has 0 saturated heterocycles. The molecule has 0 atom stereocenters. The van der Waals surface area contributed by atoms with Crippen LogP contribution in [0.15, 0.2) is 41.1 Å². The zero-order valence-electron chi connectivity index (χ0n) is 12.1. The molecule has 0 aliphatic rings. The third-order valence-corrected chi connectivity index (χ3v) is 4.85. The minimum absolute atomic E-state index is 0.134. The molecular formula is C14H12ClN5OS2. The first-order valence-corrected chi connectivity index (χ1v) is 8.87. The Kier molecular flexibility index (Phi) is 4.94. The van der Waals surface area contributed by atoms with Crippen LogP contribution in [0.2, 0.25) is 5.02 Å². The molecule has 0 fully saturated rings. The number of amides is 1. The van der Waals surface area contributed by atoms with Crippen LogP contribution >= 0.6 is 34.7 Å². The largest absolute Gasteiger partial charge is 0.301 e. The van der Waals surface area contributed by atoms with Crippen molar-refractivity contribution >= 4 is 45.7 Å². The summed E-state index contributed by atoms with van der Waals surface area (Å²) in [7, 11) is 0. The number of hydrogen-bond donors (Lipinski definition) is 1. The van der Waals surface area contributed by atoms with Crippen molar-refractivity contribution in [3.8, 4) is 5.69 Å². The Morgan fingerprint density at radius 3 is 3.09 bits per heavy atom. The fourth-order valence-corrected chi connectivity index (χ4v) is 3.44. The molecule has 23 heavy (non-hydrogen) atoms. The standard InChI is InChI=1S/C14H12ClN5OS2/c1-9-6-22-13(17-9)18-12(21)7-23-14-19-16-8-20(14)11-4-2-3-10(15)5-11/h2-6,8H,7H2,1H3,(H,17,18,21). The molecule has 3 rings (SSSR count). The summed E-state index contributed by atoms with van der Waals surface area (Å²) in [5.41, 5.74) is 1.74. The number of carbonyl (C=O) groups excluding carboxylic acids is 1. The highest BCUT2D eigenvalue weighted by Crippen LogP contribution is 2.22. The van der Waals surface area contributed by atoms with Gasteiger partial charge in [0.1, 0.15) is 6.33 Å². The van der Waals surface area contributed by atoms with Crippen molar-refractivity contribution in [2.45, 2.75) is 12.1 Å². The molecule has 0 radical (unpaired) electrons. The van der Waals surface area contributed by atoms with Gasteiger partial charge in [-0.15, -0.1) is 21.5 Å². The van der Waals surface area contributed by atoms with Crippen molar-refractivity contribution in [1.29, 1.82) is 0 Å². The van der Waals surface area contributed by atoms with E-state index in [1.165, 1.54) is 23.1 Å². The predicted octanol–water partition coefficient (Wildman–Crippen LogP) is 3.42. The first-order valence-electron chi connectivity index (χ1n) is 6.62. The van der Waals surface area contributed by atoms with E-state index in [9.17, 15) is 4.79 Å². The topological polar surface area (TPSA) is 72.7 Å². The lowest BCUT2D eigenvalue weighted by atomic mass is 10.3. The van der Waals surface area contributed by atoms with Crippen LogP contribution in [0.1, 0.15) is 5.69 Å². The van der Waals surface area contributed by atoms with E-state index in [0.29, 0.717) is 15.3 Å². The van der Waals surface area contributed by atoms with E-state index < -0.39 is 0 Å². The van der Waals surface area contributed by atoms with E-state index in [2.05, 4.69) is 20.5 Å². The van der Waals surface area contributed by atoms with Crippen LogP contribution in [0.25, 0.3) is 5.69 Å². The highest BCUT2D eigenvalue weighted by atomic mass is 35.5. The Morgan fingerprint density at radius 1 is 1.48 bits per heavy atom. The monoisotopic (exact) mass is 365 g/mol. The Morgan fingerprint density at radius 2 is 2.35 bits per heavy atom. The smallest absolute Gasteiger partial charge is 0.236 e. The van der Waals surface area contributed by atoms with Gasteiger partial charge in [0.05, 0.1) is 17.1 Å². The van der Waals surface area contributed by atoms with Gasteiger partial charge in [-0.05, 0) is 25.1 Å². The third-order valence-electron chi connectivity index (χ3n) is 2.80. The van der Waals surface area contributed by atoms with Gasteiger partial charge in [0.25, 0.3) is 0 Å². The molecule has 0 unspecified atom stereocenters. The van der Waals surface area contributed by atoms with Crippen LogP contribution < -0.4 is 5.32 Å². The SMILES string of the molecule is Cc1csc(NC(=O)CSc2nncn2-c2cccc(Cl)c2)n1. The minimum Gasteiger partial charge on any atom is -0.301 e. The Bertz CT molecular complexity index is 832. The van der Waals surface area contributed by atoms with E-state index in [1.54, 1.807) is 17.0 Å². The van der Waals surface area contributed by atoms with Gasteiger partial charge in [-0.3, -0.25) is 9.36 Å². The van der Waals surface area contributed by atoms with Crippen molar-refractivity contribution in [3.05, 3.63) is 46.7 Å². The Hall–Kier alpha value is -1.90. The van der Waals surface area contributed by atoms with Gasteiger partial charge in [0.2, 0.25) is 5.91 Å². The van der Waals surface area contributed by atoms with Gasteiger partial charge in [-0.2, -0.15) is 0 Å². The second-order valence-corrected chi connectivity index (χ2v) is 6.83. The average molecular weight is 366 g/mol. The molecule has 0 saturated carbocycles. The van der Waals surface area contributed by atoms with Crippen molar-refractivity contribution in [1.82, 2.24) is 19.7 Å². The number of aryl methyl sites for hydroxylation is 1. The molecule has 0 spiro atoms. The van der Waals surface area contributed by atoms with Crippen molar-refractivity contribution in [3.63, 3.8) is 0 Å². The van der Waals surface area contributed by atoms with Crippen molar-refractivity contribution < 1.29 is 4.79 Å². The lowest BCUT2D eigenvalue weighted by molar-refractivity contribution is -0.113. The number of halogens is 1. The van der Waals surface area contributed by atoms with E-state index >= 15 is 0 Å². The highest BCUT2D eigenvalue weighted by Gasteiger charge is 2.11. The normalized spacial score (nSPS) is 10.7. The average Bonchev–Trinajstić information content (AvgIpc) is 3.14. The first kappa shape index (κ1) is 16.0. The van der Waals surface area contributed by atoms with Crippen LogP contribution in [-0.2, 0) is 4.79 Å². The van der Waals surface area contributed by atoms with E-state index in [-0.39, 0.29) is 11.7 Å². The summed E-state index contributed by atoms with van der Waals surface area (Å²) in [6.07, 6.45) is 1.59. The molecular weight excluding hydrogens is 354 g/mol. The number of nitrogens with one attached hydrogen (secondary N) is 1. The van der Waals surface area contributed by atoms with Crippen LogP contribution in [0, 0.1) is 6.92 Å². The predicted molar refractivity (Wildman–Crippen MR) is 92.6 cm³/mol. The fraction of sp³-hybridized carbons (Fsp3) is 0.143. The quantitative estimate of drug-likeness (QED) is 0.701. The number of thiazole rings is 1. The molecule has 118 valence electrons. The number of hydrogen-bond acceptors (Lipinski definition) is 6. The maximum absolute atomic E-state index is 12.0. The van der Waals surface area contributed by atoms with Gasteiger partial charge in [0.15, 0.2) is 10.3 Å². The van der Waals surface area contributed by atoms with Gasteiger partial charge in [-0.1, -0.05) is 29.4 Å². The zero-order chi connectivity index (χ0) is 16.2. The summed E-state index contributed by atoms with van der Waals surface area (Å²) in [5, 5.41) is 14.4. The zero-order valence-corrected chi connectivity index (χ0v) is 14.5. The third kappa shape index (κ3) is 4.10. The maximum atomic E-state index is 12.0. The van der Waals surface area contributed by atoms with Gasteiger partial charge < -0.3 is 5.32 Å². The second kappa shape index (κ2) is 7.12. The number of benzene rings is 1. The van der Waals surface area contributed by atoms with Crippen LogP contribution in [0.5, 0.6) is 0 Å². The fourth-order valence-electron chi connectivity index (χ4n) is 1.82. The molecule has 1 amide bonds.